The highest BCUT2D eigenvalue weighted by Crippen LogP contribution is 2.29. The van der Waals surface area contributed by atoms with Gasteiger partial charge >= 0.3 is 5.97 Å². The van der Waals surface area contributed by atoms with Gasteiger partial charge in [0.1, 0.15) is 5.75 Å². The van der Waals surface area contributed by atoms with Crippen LogP contribution in [-0.4, -0.2) is 23.1 Å². The second-order valence-electron chi connectivity index (χ2n) is 3.39. The van der Waals surface area contributed by atoms with E-state index in [1.54, 1.807) is 0 Å². The number of nitro benzene ring substituents is 1. The summed E-state index contributed by atoms with van der Waals surface area (Å²) in [7, 11) is 1.41. The third kappa shape index (κ3) is 3.15. The van der Waals surface area contributed by atoms with Crippen LogP contribution in [0.4, 0.5) is 5.69 Å². The summed E-state index contributed by atoms with van der Waals surface area (Å²) in [6, 6.07) is 3.11. The van der Waals surface area contributed by atoms with E-state index in [9.17, 15) is 14.9 Å². The van der Waals surface area contributed by atoms with Crippen LogP contribution in [0.2, 0.25) is 0 Å². The van der Waals surface area contributed by atoms with Crippen molar-refractivity contribution in [2.24, 2.45) is 5.73 Å². The number of nitrogens with zero attached hydrogens (tertiary/aromatic N) is 1. The third-order valence-corrected chi connectivity index (χ3v) is 2.23. The molecular formula is C10H12N2O5. The molecule has 17 heavy (non-hydrogen) atoms. The molecule has 0 aromatic heterocycles. The summed E-state index contributed by atoms with van der Waals surface area (Å²) >= 11 is 0. The topological polar surface area (TPSA) is 116 Å². The van der Waals surface area contributed by atoms with Crippen molar-refractivity contribution < 1.29 is 19.6 Å². The molecule has 0 saturated carbocycles. The van der Waals surface area contributed by atoms with Crippen molar-refractivity contribution in [2.75, 3.05) is 7.11 Å². The number of aliphatic carboxylic acids is 1. The molecule has 1 rings (SSSR count). The molecule has 1 aromatic carbocycles. The number of hydrogen-bond donors (Lipinski definition) is 2. The predicted molar refractivity (Wildman–Crippen MR) is 58.8 cm³/mol. The molecule has 1 aromatic rings. The highest BCUT2D eigenvalue weighted by molar-refractivity contribution is 5.68. The molecule has 0 heterocycles. The van der Waals surface area contributed by atoms with Crippen LogP contribution in [0.5, 0.6) is 5.75 Å². The molecule has 92 valence electrons. The number of carboxylic acids is 1. The van der Waals surface area contributed by atoms with Gasteiger partial charge in [0.05, 0.1) is 24.0 Å². The molecule has 0 aliphatic carbocycles. The molecule has 1 unspecified atom stereocenters. The van der Waals surface area contributed by atoms with Crippen LogP contribution >= 0.6 is 0 Å². The number of nitrogens with two attached hydrogens (primary N) is 1. The molecule has 7 heteroatoms. The van der Waals surface area contributed by atoms with Gasteiger partial charge in [-0.25, -0.2) is 0 Å². The highest BCUT2D eigenvalue weighted by Gasteiger charge is 2.22. The fourth-order valence-corrected chi connectivity index (χ4v) is 1.42. The first-order valence-corrected chi connectivity index (χ1v) is 4.75. The summed E-state index contributed by atoms with van der Waals surface area (Å²) in [5.74, 6) is -0.721. The van der Waals surface area contributed by atoms with E-state index in [1.165, 1.54) is 25.3 Å². The summed E-state index contributed by atoms with van der Waals surface area (Å²) in [5, 5.41) is 19.4. The minimum absolute atomic E-state index is 0.150. The molecule has 0 bridgehead atoms. The van der Waals surface area contributed by atoms with Crippen molar-refractivity contribution >= 4 is 11.7 Å². The lowest BCUT2D eigenvalue weighted by molar-refractivity contribution is -0.385. The second-order valence-corrected chi connectivity index (χ2v) is 3.39. The minimum atomic E-state index is -1.12. The van der Waals surface area contributed by atoms with Crippen molar-refractivity contribution in [1.82, 2.24) is 0 Å². The maximum absolute atomic E-state index is 10.8. The Morgan fingerprint density at radius 2 is 2.29 bits per heavy atom. The van der Waals surface area contributed by atoms with Gasteiger partial charge in [0.15, 0.2) is 0 Å². The first kappa shape index (κ1) is 12.9. The van der Waals surface area contributed by atoms with E-state index >= 15 is 0 Å². The van der Waals surface area contributed by atoms with Gasteiger partial charge in [-0.05, 0) is 12.1 Å². The van der Waals surface area contributed by atoms with Crippen molar-refractivity contribution in [3.8, 4) is 5.75 Å². The Kier molecular flexibility index (Phi) is 4.00. The van der Waals surface area contributed by atoms with Gasteiger partial charge in [-0.15, -0.1) is 0 Å². The second kappa shape index (κ2) is 5.26. The van der Waals surface area contributed by atoms with E-state index in [4.69, 9.17) is 15.6 Å². The normalized spacial score (nSPS) is 11.9. The summed E-state index contributed by atoms with van der Waals surface area (Å²) in [6.07, 6.45) is -0.381. The zero-order valence-corrected chi connectivity index (χ0v) is 9.12. The van der Waals surface area contributed by atoms with E-state index < -0.39 is 16.9 Å². The first-order chi connectivity index (χ1) is 7.95. The average molecular weight is 240 g/mol. The molecule has 0 amide bonds. The zero-order chi connectivity index (χ0) is 13.0. The lowest BCUT2D eigenvalue weighted by atomic mass is 10.0. The Balaban J connectivity index is 3.16. The Labute approximate surface area is 97.0 Å². The van der Waals surface area contributed by atoms with Gasteiger partial charge in [0.2, 0.25) is 0 Å². The van der Waals surface area contributed by atoms with Crippen molar-refractivity contribution in [1.29, 1.82) is 0 Å². The van der Waals surface area contributed by atoms with E-state index in [1.807, 2.05) is 0 Å². The van der Waals surface area contributed by atoms with Crippen molar-refractivity contribution in [2.45, 2.75) is 12.5 Å². The van der Waals surface area contributed by atoms with E-state index in [2.05, 4.69) is 0 Å². The van der Waals surface area contributed by atoms with Gasteiger partial charge in [0.25, 0.3) is 5.69 Å². The molecule has 3 N–H and O–H groups in total. The number of carbonyl (C=O) groups is 1. The number of benzene rings is 1. The fourth-order valence-electron chi connectivity index (χ4n) is 1.42. The van der Waals surface area contributed by atoms with Crippen LogP contribution in [0.15, 0.2) is 18.2 Å². The first-order valence-electron chi connectivity index (χ1n) is 4.75. The third-order valence-electron chi connectivity index (χ3n) is 2.23. The molecule has 7 nitrogen and oxygen atoms in total. The molecule has 0 radical (unpaired) electrons. The number of hydrogen-bond acceptors (Lipinski definition) is 5. The standard InChI is InChI=1S/C10H12N2O5/c1-17-6-2-3-9(12(15)16)7(4-6)8(11)5-10(13)14/h2-4,8H,5,11H2,1H3,(H,13,14). The van der Waals surface area contributed by atoms with Gasteiger partial charge in [-0.2, -0.15) is 0 Å². The molecule has 1 atom stereocenters. The molecule has 0 aliphatic rings. The van der Waals surface area contributed by atoms with Crippen molar-refractivity contribution in [3.05, 3.63) is 33.9 Å². The van der Waals surface area contributed by atoms with E-state index in [0.29, 0.717) is 5.75 Å². The van der Waals surface area contributed by atoms with E-state index in [0.717, 1.165) is 0 Å². The number of methoxy groups -OCH3 is 1. The van der Waals surface area contributed by atoms with Gasteiger partial charge in [0, 0.05) is 12.1 Å². The Hall–Kier alpha value is -2.15. The summed E-state index contributed by atoms with van der Waals surface area (Å²) in [5.41, 5.74) is 5.56. The van der Waals surface area contributed by atoms with Crippen LogP contribution < -0.4 is 10.5 Å². The largest absolute Gasteiger partial charge is 0.497 e. The smallest absolute Gasteiger partial charge is 0.305 e. The summed E-state index contributed by atoms with van der Waals surface area (Å²) in [4.78, 5) is 20.7. The molecular weight excluding hydrogens is 228 g/mol. The molecule has 0 spiro atoms. The van der Waals surface area contributed by atoms with Crippen LogP contribution in [0.1, 0.15) is 18.0 Å². The van der Waals surface area contributed by atoms with Gasteiger partial charge < -0.3 is 15.6 Å². The lowest BCUT2D eigenvalue weighted by Gasteiger charge is -2.11. The number of rotatable bonds is 5. The summed E-state index contributed by atoms with van der Waals surface area (Å²) in [6.45, 7) is 0. The maximum Gasteiger partial charge on any atom is 0.305 e. The number of carboxylic acid groups (broad SMARTS) is 1. The number of nitro groups is 1. The van der Waals surface area contributed by atoms with Crippen molar-refractivity contribution in [3.63, 3.8) is 0 Å². The Morgan fingerprint density at radius 3 is 2.76 bits per heavy atom. The van der Waals surface area contributed by atoms with Crippen LogP contribution in [0, 0.1) is 10.1 Å². The van der Waals surface area contributed by atoms with E-state index in [-0.39, 0.29) is 17.7 Å². The average Bonchev–Trinajstić information content (AvgIpc) is 2.27. The maximum atomic E-state index is 10.8. The molecule has 0 aliphatic heterocycles. The predicted octanol–water partition coefficient (Wildman–Crippen LogP) is 1.08. The lowest BCUT2D eigenvalue weighted by Crippen LogP contribution is -2.16. The summed E-state index contributed by atoms with van der Waals surface area (Å²) < 4.78 is 4.92. The SMILES string of the molecule is COc1ccc([N+](=O)[O-])c(C(N)CC(=O)O)c1. The van der Waals surface area contributed by atoms with Crippen LogP contribution in [0.3, 0.4) is 0 Å². The Bertz CT molecular complexity index is 446. The Morgan fingerprint density at radius 1 is 1.65 bits per heavy atom. The van der Waals surface area contributed by atoms with Gasteiger partial charge in [-0.1, -0.05) is 0 Å². The monoisotopic (exact) mass is 240 g/mol. The fraction of sp³-hybridized carbons (Fsp3) is 0.300. The minimum Gasteiger partial charge on any atom is -0.497 e. The van der Waals surface area contributed by atoms with Gasteiger partial charge in [-0.3, -0.25) is 14.9 Å². The highest BCUT2D eigenvalue weighted by atomic mass is 16.6. The molecule has 0 fully saturated rings. The quantitative estimate of drug-likeness (QED) is 0.587. The molecule has 0 saturated heterocycles. The number of ether oxygens (including phenoxy) is 1. The zero-order valence-electron chi connectivity index (χ0n) is 9.12. The van der Waals surface area contributed by atoms with Crippen LogP contribution in [-0.2, 0) is 4.79 Å². The van der Waals surface area contributed by atoms with Crippen LogP contribution in [0.25, 0.3) is 0 Å².